The first-order chi connectivity index (χ1) is 13.3. The number of aryl methyl sites for hydroxylation is 1. The van der Waals surface area contributed by atoms with Gasteiger partial charge >= 0.3 is 6.09 Å². The molecule has 0 radical (unpaired) electrons. The first-order valence-corrected chi connectivity index (χ1v) is 11.1. The van der Waals surface area contributed by atoms with Gasteiger partial charge in [0.1, 0.15) is 5.60 Å². The van der Waals surface area contributed by atoms with E-state index in [1.807, 2.05) is 33.2 Å². The zero-order chi connectivity index (χ0) is 20.3. The maximum atomic E-state index is 12.1. The molecule has 1 aliphatic carbocycles. The van der Waals surface area contributed by atoms with E-state index in [0.29, 0.717) is 5.95 Å². The van der Waals surface area contributed by atoms with Crippen LogP contribution in [-0.4, -0.2) is 49.6 Å². The summed E-state index contributed by atoms with van der Waals surface area (Å²) in [5.41, 5.74) is 1.46. The largest absolute Gasteiger partial charge is 0.444 e. The average molecular weight is 407 g/mol. The third-order valence-corrected chi connectivity index (χ3v) is 5.26. The lowest BCUT2D eigenvalue weighted by molar-refractivity contribution is 0.0492. The Morgan fingerprint density at radius 2 is 2.07 bits per heavy atom. The Morgan fingerprint density at radius 3 is 2.75 bits per heavy atom. The van der Waals surface area contributed by atoms with Crippen LogP contribution in [-0.2, 0) is 11.2 Å². The van der Waals surface area contributed by atoms with Crippen LogP contribution in [0.5, 0.6) is 0 Å². The smallest absolute Gasteiger partial charge is 0.407 e. The van der Waals surface area contributed by atoms with Gasteiger partial charge in [-0.25, -0.2) is 9.78 Å². The molecule has 0 saturated heterocycles. The van der Waals surface area contributed by atoms with Gasteiger partial charge in [-0.3, -0.25) is 0 Å². The van der Waals surface area contributed by atoms with E-state index in [2.05, 4.69) is 32.6 Å². The van der Waals surface area contributed by atoms with E-state index in [0.717, 1.165) is 48.5 Å². The fourth-order valence-corrected chi connectivity index (χ4v) is 3.80. The molecule has 2 unspecified atom stereocenters. The third kappa shape index (κ3) is 5.06. The summed E-state index contributed by atoms with van der Waals surface area (Å²) in [5, 5.41) is 11.7. The summed E-state index contributed by atoms with van der Waals surface area (Å²) >= 11 is 1.52. The topological polar surface area (TPSA) is 93.4 Å². The number of ether oxygens (including phenoxy) is 1. The van der Waals surface area contributed by atoms with Crippen LogP contribution in [0.15, 0.2) is 11.4 Å². The van der Waals surface area contributed by atoms with E-state index < -0.39 is 5.60 Å². The lowest BCUT2D eigenvalue weighted by atomic mass is 9.91. The summed E-state index contributed by atoms with van der Waals surface area (Å²) < 4.78 is 7.17. The Balaban J connectivity index is 1.71. The van der Waals surface area contributed by atoms with Crippen molar-refractivity contribution in [1.29, 1.82) is 0 Å². The van der Waals surface area contributed by atoms with Crippen molar-refractivity contribution in [3.63, 3.8) is 0 Å². The van der Waals surface area contributed by atoms with Crippen molar-refractivity contribution in [2.75, 3.05) is 11.6 Å². The molecule has 9 heteroatoms. The maximum absolute atomic E-state index is 12.1. The van der Waals surface area contributed by atoms with E-state index in [1.54, 1.807) is 4.52 Å². The van der Waals surface area contributed by atoms with Gasteiger partial charge < -0.3 is 15.4 Å². The van der Waals surface area contributed by atoms with Gasteiger partial charge in [-0.1, -0.05) is 18.7 Å². The molecule has 3 rings (SSSR count). The minimum Gasteiger partial charge on any atom is -0.444 e. The van der Waals surface area contributed by atoms with Gasteiger partial charge in [-0.15, -0.1) is 0 Å². The molecule has 2 atom stereocenters. The van der Waals surface area contributed by atoms with E-state index >= 15 is 0 Å². The predicted molar refractivity (Wildman–Crippen MR) is 111 cm³/mol. The number of anilines is 1. The van der Waals surface area contributed by atoms with Crippen LogP contribution >= 0.6 is 11.8 Å². The second-order valence-corrected chi connectivity index (χ2v) is 8.92. The summed E-state index contributed by atoms with van der Waals surface area (Å²) in [6, 6.07) is 0.290. The Kier molecular flexibility index (Phi) is 6.32. The van der Waals surface area contributed by atoms with Crippen LogP contribution in [0.1, 0.15) is 58.9 Å². The molecule has 1 aliphatic rings. The zero-order valence-corrected chi connectivity index (χ0v) is 18.1. The number of alkyl carbamates (subject to hydrolysis) is 1. The van der Waals surface area contributed by atoms with Crippen LogP contribution < -0.4 is 10.6 Å². The normalized spacial score (nSPS) is 20.2. The molecule has 1 amide bonds. The van der Waals surface area contributed by atoms with E-state index in [4.69, 9.17) is 4.74 Å². The standard InChI is InChI=1S/C19H30N6O2S/c1-6-12-11-20-25-15(12)23-17(28-5)24-16(25)21-13-8-7-9-14(10-13)22-18(26)27-19(2,3)4/h11,13-14H,6-10H2,1-5H3,(H,22,26)(H,21,23,24). The fraction of sp³-hybridized carbons (Fsp3) is 0.684. The molecule has 0 spiro atoms. The fourth-order valence-electron chi connectivity index (χ4n) is 3.45. The van der Waals surface area contributed by atoms with E-state index in [1.165, 1.54) is 11.8 Å². The molecule has 0 aromatic carbocycles. The molecule has 154 valence electrons. The summed E-state index contributed by atoms with van der Waals surface area (Å²) in [5.74, 6) is 0.706. The third-order valence-electron chi connectivity index (χ3n) is 4.71. The van der Waals surface area contributed by atoms with Crippen LogP contribution in [0.3, 0.4) is 0 Å². The van der Waals surface area contributed by atoms with Gasteiger partial charge in [0.05, 0.1) is 6.20 Å². The molecule has 2 N–H and O–H groups in total. The second kappa shape index (κ2) is 8.55. The molecule has 8 nitrogen and oxygen atoms in total. The van der Waals surface area contributed by atoms with Crippen molar-refractivity contribution in [1.82, 2.24) is 24.9 Å². The summed E-state index contributed by atoms with van der Waals surface area (Å²) in [4.78, 5) is 21.3. The molecular weight excluding hydrogens is 376 g/mol. The minimum atomic E-state index is -0.492. The minimum absolute atomic E-state index is 0.0854. The quantitative estimate of drug-likeness (QED) is 0.732. The van der Waals surface area contributed by atoms with Crippen molar-refractivity contribution >= 4 is 29.5 Å². The zero-order valence-electron chi connectivity index (χ0n) is 17.3. The van der Waals surface area contributed by atoms with Crippen molar-refractivity contribution in [2.45, 2.75) is 82.6 Å². The highest BCUT2D eigenvalue weighted by Gasteiger charge is 2.26. The van der Waals surface area contributed by atoms with Gasteiger partial charge in [-0.05, 0) is 59.1 Å². The summed E-state index contributed by atoms with van der Waals surface area (Å²) in [7, 11) is 0. The highest BCUT2D eigenvalue weighted by Crippen LogP contribution is 2.24. The number of nitrogens with zero attached hydrogens (tertiary/aromatic N) is 4. The number of amides is 1. The SMILES string of the molecule is CCc1cnn2c(NC3CCCC(NC(=O)OC(C)(C)C)C3)nc(SC)nc12. The van der Waals surface area contributed by atoms with Crippen molar-refractivity contribution in [3.05, 3.63) is 11.8 Å². The number of nitrogens with one attached hydrogen (secondary N) is 2. The number of carbonyl (C=O) groups is 1. The lowest BCUT2D eigenvalue weighted by Crippen LogP contribution is -2.44. The van der Waals surface area contributed by atoms with Gasteiger partial charge in [0.15, 0.2) is 10.8 Å². The molecule has 1 saturated carbocycles. The first-order valence-electron chi connectivity index (χ1n) is 9.83. The summed E-state index contributed by atoms with van der Waals surface area (Å²) in [6.45, 7) is 7.71. The highest BCUT2D eigenvalue weighted by atomic mass is 32.2. The number of fused-ring (bicyclic) bond motifs is 1. The van der Waals surface area contributed by atoms with Gasteiger partial charge in [0, 0.05) is 17.6 Å². The molecular formula is C19H30N6O2S. The lowest BCUT2D eigenvalue weighted by Gasteiger charge is -2.31. The predicted octanol–water partition coefficient (Wildman–Crippen LogP) is 3.66. The summed E-state index contributed by atoms with van der Waals surface area (Å²) in [6.07, 6.45) is 8.17. The van der Waals surface area contributed by atoms with Gasteiger partial charge in [0.25, 0.3) is 0 Å². The number of hydrogen-bond donors (Lipinski definition) is 2. The van der Waals surface area contributed by atoms with E-state index in [-0.39, 0.29) is 18.2 Å². The molecule has 2 aromatic heterocycles. The van der Waals surface area contributed by atoms with Crippen molar-refractivity contribution in [3.8, 4) is 0 Å². The average Bonchev–Trinajstić information content (AvgIpc) is 3.03. The van der Waals surface area contributed by atoms with Crippen LogP contribution in [0.4, 0.5) is 10.7 Å². The number of rotatable bonds is 5. The Morgan fingerprint density at radius 1 is 1.32 bits per heavy atom. The Hall–Kier alpha value is -2.03. The highest BCUT2D eigenvalue weighted by molar-refractivity contribution is 7.98. The monoisotopic (exact) mass is 406 g/mol. The van der Waals surface area contributed by atoms with Crippen LogP contribution in [0.2, 0.25) is 0 Å². The Bertz CT molecular complexity index is 832. The van der Waals surface area contributed by atoms with Gasteiger partial charge in [-0.2, -0.15) is 14.6 Å². The van der Waals surface area contributed by atoms with Crippen LogP contribution in [0, 0.1) is 0 Å². The molecule has 2 heterocycles. The molecule has 2 aromatic rings. The number of aromatic nitrogens is 4. The second-order valence-electron chi connectivity index (χ2n) is 8.14. The van der Waals surface area contributed by atoms with Gasteiger partial charge in [0.2, 0.25) is 5.95 Å². The first kappa shape index (κ1) is 20.7. The number of carbonyl (C=O) groups excluding carboxylic acids is 1. The van der Waals surface area contributed by atoms with Crippen LogP contribution in [0.25, 0.3) is 5.65 Å². The number of thioether (sulfide) groups is 1. The Labute approximate surface area is 170 Å². The molecule has 0 bridgehead atoms. The van der Waals surface area contributed by atoms with Crippen molar-refractivity contribution < 1.29 is 9.53 Å². The molecule has 1 fully saturated rings. The number of hydrogen-bond acceptors (Lipinski definition) is 7. The van der Waals surface area contributed by atoms with Crippen molar-refractivity contribution in [2.24, 2.45) is 0 Å². The maximum Gasteiger partial charge on any atom is 0.407 e. The molecule has 0 aliphatic heterocycles. The van der Waals surface area contributed by atoms with E-state index in [9.17, 15) is 4.79 Å². The molecule has 28 heavy (non-hydrogen) atoms.